The van der Waals surface area contributed by atoms with E-state index < -0.39 is 0 Å². The van der Waals surface area contributed by atoms with Gasteiger partial charge in [-0.25, -0.2) is 0 Å². The predicted octanol–water partition coefficient (Wildman–Crippen LogP) is 7.39. The van der Waals surface area contributed by atoms with Crippen molar-refractivity contribution < 1.29 is 23.8 Å². The van der Waals surface area contributed by atoms with E-state index in [-0.39, 0.29) is 24.8 Å². The Kier molecular flexibility index (Phi) is 8.98. The highest BCUT2D eigenvalue weighted by atomic mass is 35.5. The fourth-order valence-electron chi connectivity index (χ4n) is 3.86. The summed E-state index contributed by atoms with van der Waals surface area (Å²) in [6.07, 6.45) is 4.73. The number of benzene rings is 3. The van der Waals surface area contributed by atoms with Crippen LogP contribution >= 0.6 is 35.0 Å². The summed E-state index contributed by atoms with van der Waals surface area (Å²) >= 11 is 13.4. The van der Waals surface area contributed by atoms with Gasteiger partial charge in [-0.05, 0) is 71.9 Å². The zero-order valence-corrected chi connectivity index (χ0v) is 24.0. The summed E-state index contributed by atoms with van der Waals surface area (Å²) in [5.74, 6) is 1.44. The Morgan fingerprint density at radius 2 is 1.90 bits per heavy atom. The van der Waals surface area contributed by atoms with Crippen LogP contribution in [0.3, 0.4) is 0 Å². The number of methoxy groups -OCH3 is 1. The van der Waals surface area contributed by atoms with Crippen LogP contribution in [0.25, 0.3) is 6.08 Å². The van der Waals surface area contributed by atoms with Crippen LogP contribution in [0.1, 0.15) is 22.5 Å². The van der Waals surface area contributed by atoms with Gasteiger partial charge >= 0.3 is 0 Å². The molecule has 1 fully saturated rings. The van der Waals surface area contributed by atoms with Crippen molar-refractivity contribution in [2.45, 2.75) is 13.2 Å². The summed E-state index contributed by atoms with van der Waals surface area (Å²) in [7, 11) is 1.54. The average Bonchev–Trinajstić information content (AvgIpc) is 3.58. The van der Waals surface area contributed by atoms with Crippen molar-refractivity contribution >= 4 is 58.3 Å². The molecule has 41 heavy (non-hydrogen) atoms. The number of para-hydroxylation sites is 1. The highest BCUT2D eigenvalue weighted by molar-refractivity contribution is 8.18. The molecule has 4 aromatic rings. The van der Waals surface area contributed by atoms with Crippen LogP contribution in [-0.2, 0) is 17.9 Å². The van der Waals surface area contributed by atoms with E-state index in [4.69, 9.17) is 37.1 Å². The maximum atomic E-state index is 13.4. The SMILES string of the molecule is COc1cc(/C=C2\S/C(=N\N=C\c3ccccc3O)N(Cc3ccco3)C2=O)ccc1OCc1ccc(Cl)cc1Cl. The molecule has 208 valence electrons. The molecular weight excluding hydrogens is 585 g/mol. The van der Waals surface area contributed by atoms with Crippen LogP contribution in [-0.4, -0.2) is 34.4 Å². The maximum Gasteiger partial charge on any atom is 0.267 e. The molecule has 0 unspecified atom stereocenters. The second kappa shape index (κ2) is 13.0. The molecule has 1 amide bonds. The van der Waals surface area contributed by atoms with Gasteiger partial charge in [0.15, 0.2) is 16.7 Å². The van der Waals surface area contributed by atoms with Crippen molar-refractivity contribution in [2.24, 2.45) is 10.2 Å². The van der Waals surface area contributed by atoms with Gasteiger partial charge in [0.05, 0.1) is 31.0 Å². The zero-order valence-electron chi connectivity index (χ0n) is 21.7. The number of phenolic OH excluding ortho intramolecular Hbond substituents is 1. The van der Waals surface area contributed by atoms with Crippen molar-refractivity contribution in [3.8, 4) is 17.2 Å². The number of furan rings is 1. The number of aromatic hydroxyl groups is 1. The van der Waals surface area contributed by atoms with Crippen molar-refractivity contribution in [1.29, 1.82) is 0 Å². The molecule has 0 aliphatic carbocycles. The van der Waals surface area contributed by atoms with Gasteiger partial charge in [-0.3, -0.25) is 9.69 Å². The van der Waals surface area contributed by atoms with E-state index in [1.807, 2.05) is 6.07 Å². The van der Waals surface area contributed by atoms with Crippen LogP contribution in [0.5, 0.6) is 17.2 Å². The number of halogens is 2. The smallest absolute Gasteiger partial charge is 0.267 e. The number of amides is 1. The molecule has 0 spiro atoms. The van der Waals surface area contributed by atoms with Crippen molar-refractivity contribution in [1.82, 2.24) is 4.90 Å². The third-order valence-electron chi connectivity index (χ3n) is 5.94. The number of nitrogens with zero attached hydrogens (tertiary/aromatic N) is 3. The quantitative estimate of drug-likeness (QED) is 0.121. The number of hydrogen-bond donors (Lipinski definition) is 1. The lowest BCUT2D eigenvalue weighted by Crippen LogP contribution is -2.28. The molecular formula is C30H23Cl2N3O5S. The van der Waals surface area contributed by atoms with E-state index >= 15 is 0 Å². The summed E-state index contributed by atoms with van der Waals surface area (Å²) < 4.78 is 16.9. The number of phenols is 1. The van der Waals surface area contributed by atoms with Crippen molar-refractivity contribution in [3.63, 3.8) is 0 Å². The molecule has 0 bridgehead atoms. The van der Waals surface area contributed by atoms with E-state index in [1.54, 1.807) is 86.2 Å². The van der Waals surface area contributed by atoms with Gasteiger partial charge in [0, 0.05) is 21.2 Å². The van der Waals surface area contributed by atoms with Gasteiger partial charge in [0.25, 0.3) is 5.91 Å². The molecule has 8 nitrogen and oxygen atoms in total. The lowest BCUT2D eigenvalue weighted by atomic mass is 10.1. The number of ether oxygens (including phenoxy) is 2. The first-order valence-electron chi connectivity index (χ1n) is 12.3. The number of carbonyl (C=O) groups excluding carboxylic acids is 1. The molecule has 1 N–H and O–H groups in total. The Balaban J connectivity index is 1.37. The molecule has 1 aliphatic heterocycles. The minimum absolute atomic E-state index is 0.0808. The predicted molar refractivity (Wildman–Crippen MR) is 162 cm³/mol. The third kappa shape index (κ3) is 6.94. The van der Waals surface area contributed by atoms with E-state index in [2.05, 4.69) is 10.2 Å². The Hall–Kier alpha value is -4.18. The number of thioether (sulfide) groups is 1. The molecule has 0 atom stereocenters. The van der Waals surface area contributed by atoms with Gasteiger partial charge in [0.2, 0.25) is 0 Å². The molecule has 5 rings (SSSR count). The lowest BCUT2D eigenvalue weighted by Gasteiger charge is -2.13. The highest BCUT2D eigenvalue weighted by Crippen LogP contribution is 2.36. The molecule has 1 aromatic heterocycles. The maximum absolute atomic E-state index is 13.4. The first-order chi connectivity index (χ1) is 19.9. The molecule has 2 heterocycles. The van der Waals surface area contributed by atoms with Crippen LogP contribution < -0.4 is 9.47 Å². The van der Waals surface area contributed by atoms with Crippen LogP contribution in [0.4, 0.5) is 0 Å². The number of rotatable bonds is 9. The summed E-state index contributed by atoms with van der Waals surface area (Å²) in [6.45, 7) is 0.411. The standard InChI is InChI=1S/C30H23Cl2N3O5S/c1-38-27-13-19(8-11-26(27)40-18-21-9-10-22(31)15-24(21)32)14-28-29(37)35(17-23-6-4-12-39-23)30(41-28)34-33-16-20-5-2-3-7-25(20)36/h2-16,36H,17-18H2,1H3/b28-14-,33-16+,34-30-. The first-order valence-corrected chi connectivity index (χ1v) is 13.9. The summed E-state index contributed by atoms with van der Waals surface area (Å²) in [5, 5.41) is 19.8. The Labute approximate surface area is 250 Å². The fraction of sp³-hybridized carbons (Fsp3) is 0.100. The van der Waals surface area contributed by atoms with Crippen LogP contribution in [0.2, 0.25) is 10.0 Å². The summed E-state index contributed by atoms with van der Waals surface area (Å²) in [4.78, 5) is 15.3. The third-order valence-corrected chi connectivity index (χ3v) is 7.53. The largest absolute Gasteiger partial charge is 0.507 e. The average molecular weight is 609 g/mol. The monoisotopic (exact) mass is 607 g/mol. The highest BCUT2D eigenvalue weighted by Gasteiger charge is 2.34. The Morgan fingerprint density at radius 3 is 2.66 bits per heavy atom. The number of hydrogen-bond acceptors (Lipinski definition) is 8. The van der Waals surface area contributed by atoms with Gasteiger partial charge in [-0.2, -0.15) is 5.10 Å². The molecule has 1 aliphatic rings. The van der Waals surface area contributed by atoms with E-state index in [9.17, 15) is 9.90 Å². The summed E-state index contributed by atoms with van der Waals surface area (Å²) in [5.41, 5.74) is 2.02. The molecule has 11 heteroatoms. The van der Waals surface area contributed by atoms with E-state index in [0.717, 1.165) is 11.1 Å². The fourth-order valence-corrected chi connectivity index (χ4v) is 5.25. The van der Waals surface area contributed by atoms with E-state index in [1.165, 1.54) is 22.9 Å². The Morgan fingerprint density at radius 1 is 1.05 bits per heavy atom. The normalized spacial score (nSPS) is 15.4. The van der Waals surface area contributed by atoms with Crippen molar-refractivity contribution in [2.75, 3.05) is 7.11 Å². The summed E-state index contributed by atoms with van der Waals surface area (Å²) in [6, 6.07) is 20.9. The first kappa shape index (κ1) is 28.4. The lowest BCUT2D eigenvalue weighted by molar-refractivity contribution is -0.122. The topological polar surface area (TPSA) is 96.9 Å². The molecule has 3 aromatic carbocycles. The van der Waals surface area contributed by atoms with Gasteiger partial charge < -0.3 is 19.0 Å². The number of amidine groups is 1. The molecule has 0 radical (unpaired) electrons. The van der Waals surface area contributed by atoms with E-state index in [0.29, 0.717) is 42.9 Å². The van der Waals surface area contributed by atoms with Crippen LogP contribution in [0, 0.1) is 0 Å². The zero-order chi connectivity index (χ0) is 28.8. The number of carbonyl (C=O) groups is 1. The second-order valence-electron chi connectivity index (χ2n) is 8.70. The molecule has 0 saturated carbocycles. The van der Waals surface area contributed by atoms with Gasteiger partial charge in [0.1, 0.15) is 18.1 Å². The van der Waals surface area contributed by atoms with Crippen molar-refractivity contribution in [3.05, 3.63) is 116 Å². The molecule has 1 saturated heterocycles. The minimum Gasteiger partial charge on any atom is -0.507 e. The second-order valence-corrected chi connectivity index (χ2v) is 10.6. The van der Waals surface area contributed by atoms with Gasteiger partial charge in [-0.15, -0.1) is 5.10 Å². The van der Waals surface area contributed by atoms with Crippen LogP contribution in [0.15, 0.2) is 98.6 Å². The van der Waals surface area contributed by atoms with Gasteiger partial charge in [-0.1, -0.05) is 47.5 Å². The minimum atomic E-state index is -0.250. The Bertz CT molecular complexity index is 1650.